The van der Waals surface area contributed by atoms with E-state index in [1.54, 1.807) is 0 Å². The van der Waals surface area contributed by atoms with Crippen molar-refractivity contribution in [3.05, 3.63) is 51.5 Å². The van der Waals surface area contributed by atoms with Crippen molar-refractivity contribution in [2.75, 3.05) is 26.7 Å². The second-order valence-corrected chi connectivity index (χ2v) is 7.59. The molecule has 0 unspecified atom stereocenters. The highest BCUT2D eigenvalue weighted by Crippen LogP contribution is 2.29. The van der Waals surface area contributed by atoms with Crippen LogP contribution in [0.4, 0.5) is 13.2 Å². The molecule has 0 atom stereocenters. The number of alkyl halides is 3. The van der Waals surface area contributed by atoms with Gasteiger partial charge >= 0.3 is 6.18 Å². The highest BCUT2D eigenvalue weighted by Gasteiger charge is 2.33. The standard InChI is InChI=1S/C20H28F3N5S.HI/c1-4-24-19(25-10-9-18-27-17(14-29-18)20(21,22)23)26-12-15-7-6-8-16(11-15)13-28(3)5-2;/h6-8,11,14H,4-5,9-10,12-13H2,1-3H3,(H2,24,25,26);1H. The maximum atomic E-state index is 12.6. The lowest BCUT2D eigenvalue weighted by Gasteiger charge is -2.14. The van der Waals surface area contributed by atoms with Gasteiger partial charge in [0, 0.05) is 31.4 Å². The van der Waals surface area contributed by atoms with Crippen LogP contribution >= 0.6 is 35.3 Å². The molecule has 0 radical (unpaired) electrons. The van der Waals surface area contributed by atoms with Crippen LogP contribution in [0.25, 0.3) is 0 Å². The Bertz CT molecular complexity index is 795. The molecule has 168 valence electrons. The molecule has 1 aromatic heterocycles. The molecule has 0 saturated carbocycles. The van der Waals surface area contributed by atoms with E-state index in [4.69, 9.17) is 0 Å². The van der Waals surface area contributed by atoms with Crippen LogP contribution in [0.15, 0.2) is 34.6 Å². The van der Waals surface area contributed by atoms with Crippen molar-refractivity contribution in [3.8, 4) is 0 Å². The molecule has 2 aromatic rings. The van der Waals surface area contributed by atoms with Crippen molar-refractivity contribution in [1.29, 1.82) is 0 Å². The van der Waals surface area contributed by atoms with Crippen molar-refractivity contribution >= 4 is 41.3 Å². The van der Waals surface area contributed by atoms with Gasteiger partial charge in [-0.1, -0.05) is 31.2 Å². The average Bonchev–Trinajstić information content (AvgIpc) is 3.16. The first-order chi connectivity index (χ1) is 13.8. The molecule has 30 heavy (non-hydrogen) atoms. The zero-order valence-electron chi connectivity index (χ0n) is 17.4. The van der Waals surface area contributed by atoms with Gasteiger partial charge in [0.15, 0.2) is 11.7 Å². The maximum absolute atomic E-state index is 12.6. The summed E-state index contributed by atoms with van der Waals surface area (Å²) < 4.78 is 37.9. The van der Waals surface area contributed by atoms with E-state index in [2.05, 4.69) is 51.6 Å². The normalized spacial score (nSPS) is 12.0. The summed E-state index contributed by atoms with van der Waals surface area (Å²) in [6.45, 7) is 7.64. The minimum absolute atomic E-state index is 0. The second kappa shape index (κ2) is 13.1. The van der Waals surface area contributed by atoms with Crippen LogP contribution in [0.2, 0.25) is 0 Å². The van der Waals surface area contributed by atoms with Crippen LogP contribution in [0.3, 0.4) is 0 Å². The number of benzene rings is 1. The topological polar surface area (TPSA) is 52.6 Å². The molecule has 0 aliphatic carbocycles. The van der Waals surface area contributed by atoms with Gasteiger partial charge in [0.2, 0.25) is 0 Å². The Morgan fingerprint density at radius 3 is 2.57 bits per heavy atom. The fourth-order valence-electron chi connectivity index (χ4n) is 2.61. The summed E-state index contributed by atoms with van der Waals surface area (Å²) in [6, 6.07) is 8.32. The number of rotatable bonds is 9. The Balaban J connectivity index is 0.00000450. The van der Waals surface area contributed by atoms with E-state index in [1.807, 2.05) is 19.1 Å². The van der Waals surface area contributed by atoms with Crippen LogP contribution < -0.4 is 10.6 Å². The Hall–Kier alpha value is -1.40. The Morgan fingerprint density at radius 2 is 1.93 bits per heavy atom. The van der Waals surface area contributed by atoms with E-state index in [1.165, 1.54) is 5.56 Å². The molecule has 0 aliphatic rings. The predicted molar refractivity (Wildman–Crippen MR) is 128 cm³/mol. The SMILES string of the molecule is CCNC(=NCc1cccc(CN(C)CC)c1)NCCc1nc(C(F)(F)F)cs1.I. The number of nitrogens with zero attached hydrogens (tertiary/aromatic N) is 3. The summed E-state index contributed by atoms with van der Waals surface area (Å²) in [4.78, 5) is 10.5. The summed E-state index contributed by atoms with van der Waals surface area (Å²) in [5.41, 5.74) is 1.52. The third-order valence-corrected chi connectivity index (χ3v) is 5.13. The van der Waals surface area contributed by atoms with Gasteiger partial charge in [-0.15, -0.1) is 35.3 Å². The fraction of sp³-hybridized carbons (Fsp3) is 0.500. The Kier molecular flexibility index (Phi) is 11.6. The monoisotopic (exact) mass is 555 g/mol. The zero-order valence-corrected chi connectivity index (χ0v) is 20.6. The molecule has 0 fully saturated rings. The third kappa shape index (κ3) is 9.17. The maximum Gasteiger partial charge on any atom is 0.434 e. The van der Waals surface area contributed by atoms with Gasteiger partial charge in [0.05, 0.1) is 11.6 Å². The molecule has 0 bridgehead atoms. The molecular weight excluding hydrogens is 526 g/mol. The summed E-state index contributed by atoms with van der Waals surface area (Å²) in [5.74, 6) is 0.635. The number of aromatic nitrogens is 1. The van der Waals surface area contributed by atoms with Gasteiger partial charge in [-0.2, -0.15) is 13.2 Å². The first-order valence-electron chi connectivity index (χ1n) is 9.62. The van der Waals surface area contributed by atoms with Gasteiger partial charge in [0.1, 0.15) is 0 Å². The average molecular weight is 555 g/mol. The molecule has 2 N–H and O–H groups in total. The van der Waals surface area contributed by atoms with Crippen LogP contribution in [0.5, 0.6) is 0 Å². The summed E-state index contributed by atoms with van der Waals surface area (Å²) in [5, 5.41) is 7.82. The number of thiazole rings is 1. The zero-order chi connectivity index (χ0) is 21.3. The van der Waals surface area contributed by atoms with Crippen LogP contribution in [0, 0.1) is 0 Å². The summed E-state index contributed by atoms with van der Waals surface area (Å²) in [7, 11) is 2.08. The third-order valence-electron chi connectivity index (χ3n) is 4.22. The van der Waals surface area contributed by atoms with Crippen molar-refractivity contribution < 1.29 is 13.2 Å². The van der Waals surface area contributed by atoms with Crippen molar-refractivity contribution in [2.45, 2.75) is 39.5 Å². The van der Waals surface area contributed by atoms with Crippen molar-refractivity contribution in [2.24, 2.45) is 4.99 Å². The molecule has 0 aliphatic heterocycles. The molecule has 0 saturated heterocycles. The highest BCUT2D eigenvalue weighted by molar-refractivity contribution is 14.0. The lowest BCUT2D eigenvalue weighted by atomic mass is 10.1. The van der Waals surface area contributed by atoms with Crippen molar-refractivity contribution in [1.82, 2.24) is 20.5 Å². The second-order valence-electron chi connectivity index (χ2n) is 6.65. The van der Waals surface area contributed by atoms with E-state index >= 15 is 0 Å². The van der Waals surface area contributed by atoms with Gasteiger partial charge < -0.3 is 15.5 Å². The smallest absolute Gasteiger partial charge is 0.357 e. The summed E-state index contributed by atoms with van der Waals surface area (Å²) >= 11 is 1.02. The van der Waals surface area contributed by atoms with Gasteiger partial charge in [-0.05, 0) is 31.6 Å². The quantitative estimate of drug-likeness (QED) is 0.271. The Morgan fingerprint density at radius 1 is 1.20 bits per heavy atom. The number of hydrogen-bond donors (Lipinski definition) is 2. The number of nitrogens with one attached hydrogen (secondary N) is 2. The first kappa shape index (κ1) is 26.6. The van der Waals surface area contributed by atoms with Crippen LogP contribution in [0.1, 0.15) is 35.7 Å². The van der Waals surface area contributed by atoms with Crippen LogP contribution in [-0.2, 0) is 25.7 Å². The number of halogens is 4. The minimum Gasteiger partial charge on any atom is -0.357 e. The van der Waals surface area contributed by atoms with E-state index in [0.29, 0.717) is 37.0 Å². The summed E-state index contributed by atoms with van der Waals surface area (Å²) in [6.07, 6.45) is -3.98. The molecule has 0 amide bonds. The lowest BCUT2D eigenvalue weighted by molar-refractivity contribution is -0.140. The molecule has 2 rings (SSSR count). The van der Waals surface area contributed by atoms with E-state index in [-0.39, 0.29) is 24.0 Å². The lowest BCUT2D eigenvalue weighted by Crippen LogP contribution is -2.38. The number of aliphatic imine (C=N–C) groups is 1. The van der Waals surface area contributed by atoms with E-state index < -0.39 is 11.9 Å². The largest absolute Gasteiger partial charge is 0.434 e. The molecular formula is C20H29F3IN5S. The molecule has 1 heterocycles. The van der Waals surface area contributed by atoms with E-state index in [0.717, 1.165) is 35.4 Å². The van der Waals surface area contributed by atoms with Crippen LogP contribution in [-0.4, -0.2) is 42.5 Å². The predicted octanol–water partition coefficient (Wildman–Crippen LogP) is 4.53. The van der Waals surface area contributed by atoms with Crippen molar-refractivity contribution in [3.63, 3.8) is 0 Å². The number of hydrogen-bond acceptors (Lipinski definition) is 4. The molecule has 0 spiro atoms. The fourth-order valence-corrected chi connectivity index (χ4v) is 3.41. The Labute approximate surface area is 197 Å². The first-order valence-corrected chi connectivity index (χ1v) is 10.5. The molecule has 10 heteroatoms. The van der Waals surface area contributed by atoms with Gasteiger partial charge in [-0.25, -0.2) is 9.98 Å². The molecule has 1 aromatic carbocycles. The highest BCUT2D eigenvalue weighted by atomic mass is 127. The number of guanidine groups is 1. The molecule has 5 nitrogen and oxygen atoms in total. The van der Waals surface area contributed by atoms with E-state index in [9.17, 15) is 13.2 Å². The minimum atomic E-state index is -4.39. The van der Waals surface area contributed by atoms with Gasteiger partial charge in [-0.3, -0.25) is 0 Å². The van der Waals surface area contributed by atoms with Gasteiger partial charge in [0.25, 0.3) is 0 Å².